The van der Waals surface area contributed by atoms with Gasteiger partial charge < -0.3 is 10.5 Å². The Morgan fingerprint density at radius 3 is 2.67 bits per heavy atom. The maximum Gasteiger partial charge on any atom is 0.119 e. The lowest BCUT2D eigenvalue weighted by molar-refractivity contribution is 0.415. The fraction of sp³-hybridized carbons (Fsp3) is 0.154. The number of benzene rings is 1. The standard InChI is InChI=1S/C13H14N2O.2ClH/c1-16-12-4-2-3-10(7-12)13-5-6-15-9-11(13)8-14;;/h2-7,9H,8,14H2,1H3;2*1H. The van der Waals surface area contributed by atoms with E-state index in [0.717, 1.165) is 22.4 Å². The Hall–Kier alpha value is -1.29. The van der Waals surface area contributed by atoms with Gasteiger partial charge in [-0.3, -0.25) is 4.98 Å². The van der Waals surface area contributed by atoms with Crippen LogP contribution in [0.4, 0.5) is 0 Å². The Balaban J connectivity index is 0.00000144. The van der Waals surface area contributed by atoms with Crippen LogP contribution in [0.25, 0.3) is 11.1 Å². The molecule has 0 spiro atoms. The number of aromatic nitrogens is 1. The van der Waals surface area contributed by atoms with E-state index in [4.69, 9.17) is 10.5 Å². The van der Waals surface area contributed by atoms with E-state index in [2.05, 4.69) is 4.98 Å². The molecule has 0 unspecified atom stereocenters. The zero-order valence-electron chi connectivity index (χ0n) is 10.00. The first kappa shape index (κ1) is 16.7. The molecule has 1 heterocycles. The molecule has 0 saturated heterocycles. The second-order valence-electron chi connectivity index (χ2n) is 3.47. The van der Waals surface area contributed by atoms with E-state index in [1.807, 2.05) is 30.3 Å². The van der Waals surface area contributed by atoms with Crippen LogP contribution in [-0.4, -0.2) is 12.1 Å². The van der Waals surface area contributed by atoms with Crippen LogP contribution < -0.4 is 10.5 Å². The van der Waals surface area contributed by atoms with Gasteiger partial charge in [0.15, 0.2) is 0 Å². The van der Waals surface area contributed by atoms with Crippen LogP contribution in [-0.2, 0) is 6.54 Å². The van der Waals surface area contributed by atoms with Crippen molar-refractivity contribution < 1.29 is 4.74 Å². The minimum atomic E-state index is 0. The molecule has 2 N–H and O–H groups in total. The molecule has 1 aromatic carbocycles. The van der Waals surface area contributed by atoms with Gasteiger partial charge in [-0.15, -0.1) is 24.8 Å². The van der Waals surface area contributed by atoms with Gasteiger partial charge in [0.1, 0.15) is 5.75 Å². The van der Waals surface area contributed by atoms with Crippen molar-refractivity contribution in [2.75, 3.05) is 7.11 Å². The van der Waals surface area contributed by atoms with E-state index < -0.39 is 0 Å². The smallest absolute Gasteiger partial charge is 0.119 e. The summed E-state index contributed by atoms with van der Waals surface area (Å²) in [6, 6.07) is 9.89. The maximum atomic E-state index is 5.69. The van der Waals surface area contributed by atoms with E-state index in [0.29, 0.717) is 6.54 Å². The van der Waals surface area contributed by atoms with E-state index in [1.165, 1.54) is 0 Å². The van der Waals surface area contributed by atoms with Crippen molar-refractivity contribution in [1.29, 1.82) is 0 Å². The minimum absolute atomic E-state index is 0. The Morgan fingerprint density at radius 1 is 1.22 bits per heavy atom. The minimum Gasteiger partial charge on any atom is -0.497 e. The monoisotopic (exact) mass is 286 g/mol. The molecule has 0 saturated carbocycles. The summed E-state index contributed by atoms with van der Waals surface area (Å²) in [5.41, 5.74) is 8.93. The first-order chi connectivity index (χ1) is 7.85. The van der Waals surface area contributed by atoms with Crippen LogP contribution in [0.1, 0.15) is 5.56 Å². The molecule has 18 heavy (non-hydrogen) atoms. The molecular weight excluding hydrogens is 271 g/mol. The van der Waals surface area contributed by atoms with Gasteiger partial charge in [0, 0.05) is 18.9 Å². The molecule has 2 aromatic rings. The highest BCUT2D eigenvalue weighted by molar-refractivity contribution is 5.85. The number of rotatable bonds is 3. The van der Waals surface area contributed by atoms with E-state index >= 15 is 0 Å². The third kappa shape index (κ3) is 3.60. The van der Waals surface area contributed by atoms with Gasteiger partial charge in [0.05, 0.1) is 7.11 Å². The molecule has 3 nitrogen and oxygen atoms in total. The number of pyridine rings is 1. The molecule has 0 aliphatic heterocycles. The first-order valence-corrected chi connectivity index (χ1v) is 5.12. The van der Waals surface area contributed by atoms with E-state index in [9.17, 15) is 0 Å². The summed E-state index contributed by atoms with van der Waals surface area (Å²) >= 11 is 0. The predicted molar refractivity (Wildman–Crippen MR) is 78.6 cm³/mol. The molecule has 98 valence electrons. The number of hydrogen-bond acceptors (Lipinski definition) is 3. The summed E-state index contributed by atoms with van der Waals surface area (Å²) < 4.78 is 5.20. The van der Waals surface area contributed by atoms with Gasteiger partial charge in [-0.05, 0) is 34.9 Å². The Kier molecular flexibility index (Phi) is 7.36. The largest absolute Gasteiger partial charge is 0.497 e. The normalized spacial score (nSPS) is 9.00. The second kappa shape index (κ2) is 7.93. The lowest BCUT2D eigenvalue weighted by Crippen LogP contribution is -1.99. The molecule has 2 rings (SSSR count). The van der Waals surface area contributed by atoms with Gasteiger partial charge >= 0.3 is 0 Å². The third-order valence-corrected chi connectivity index (χ3v) is 2.50. The Labute approximate surface area is 119 Å². The lowest BCUT2D eigenvalue weighted by atomic mass is 10.0. The predicted octanol–water partition coefficient (Wildman–Crippen LogP) is 3.06. The number of methoxy groups -OCH3 is 1. The van der Waals surface area contributed by atoms with Crippen molar-refractivity contribution in [2.45, 2.75) is 6.54 Å². The second-order valence-corrected chi connectivity index (χ2v) is 3.47. The quantitative estimate of drug-likeness (QED) is 0.943. The first-order valence-electron chi connectivity index (χ1n) is 5.12. The van der Waals surface area contributed by atoms with Crippen LogP contribution in [0.2, 0.25) is 0 Å². The average molecular weight is 287 g/mol. The van der Waals surface area contributed by atoms with Crippen LogP contribution in [0.3, 0.4) is 0 Å². The maximum absolute atomic E-state index is 5.69. The van der Waals surface area contributed by atoms with Crippen molar-refractivity contribution in [1.82, 2.24) is 4.98 Å². The van der Waals surface area contributed by atoms with E-state index in [-0.39, 0.29) is 24.8 Å². The van der Waals surface area contributed by atoms with Crippen molar-refractivity contribution >= 4 is 24.8 Å². The lowest BCUT2D eigenvalue weighted by Gasteiger charge is -2.08. The van der Waals surface area contributed by atoms with E-state index in [1.54, 1.807) is 19.5 Å². The third-order valence-electron chi connectivity index (χ3n) is 2.50. The molecular formula is C13H16Cl2N2O. The SMILES string of the molecule is COc1cccc(-c2ccncc2CN)c1.Cl.Cl. The summed E-state index contributed by atoms with van der Waals surface area (Å²) in [7, 11) is 1.66. The number of ether oxygens (including phenoxy) is 1. The Morgan fingerprint density at radius 2 is 2.00 bits per heavy atom. The molecule has 0 fully saturated rings. The fourth-order valence-electron chi connectivity index (χ4n) is 1.66. The highest BCUT2D eigenvalue weighted by Gasteiger charge is 2.04. The average Bonchev–Trinajstić information content (AvgIpc) is 2.38. The number of nitrogens with two attached hydrogens (primary N) is 1. The van der Waals surface area contributed by atoms with Gasteiger partial charge in [-0.25, -0.2) is 0 Å². The van der Waals surface area contributed by atoms with Crippen LogP contribution in [0.5, 0.6) is 5.75 Å². The molecule has 0 aliphatic rings. The van der Waals surface area contributed by atoms with Crippen LogP contribution >= 0.6 is 24.8 Å². The van der Waals surface area contributed by atoms with Crippen LogP contribution in [0.15, 0.2) is 42.7 Å². The molecule has 5 heteroatoms. The highest BCUT2D eigenvalue weighted by atomic mass is 35.5. The summed E-state index contributed by atoms with van der Waals surface area (Å²) in [5.74, 6) is 0.845. The van der Waals surface area contributed by atoms with Crippen LogP contribution in [0, 0.1) is 0 Å². The molecule has 0 atom stereocenters. The zero-order valence-corrected chi connectivity index (χ0v) is 11.6. The highest BCUT2D eigenvalue weighted by Crippen LogP contribution is 2.25. The molecule has 1 aromatic heterocycles. The molecule has 0 amide bonds. The summed E-state index contributed by atoms with van der Waals surface area (Å²) in [4.78, 5) is 4.07. The van der Waals surface area contributed by atoms with Crippen molar-refractivity contribution in [3.8, 4) is 16.9 Å². The van der Waals surface area contributed by atoms with Crippen molar-refractivity contribution in [3.05, 3.63) is 48.3 Å². The molecule has 0 aliphatic carbocycles. The zero-order chi connectivity index (χ0) is 11.4. The van der Waals surface area contributed by atoms with Crippen molar-refractivity contribution in [3.63, 3.8) is 0 Å². The number of halogens is 2. The number of hydrogen-bond donors (Lipinski definition) is 1. The topological polar surface area (TPSA) is 48.1 Å². The molecule has 0 bridgehead atoms. The van der Waals surface area contributed by atoms with Crippen molar-refractivity contribution in [2.24, 2.45) is 5.73 Å². The van der Waals surface area contributed by atoms with Gasteiger partial charge in [-0.1, -0.05) is 12.1 Å². The summed E-state index contributed by atoms with van der Waals surface area (Å²) in [6.07, 6.45) is 3.57. The van der Waals surface area contributed by atoms with Gasteiger partial charge in [-0.2, -0.15) is 0 Å². The Bertz CT molecular complexity index is 492. The van der Waals surface area contributed by atoms with Gasteiger partial charge in [0.2, 0.25) is 0 Å². The van der Waals surface area contributed by atoms with Gasteiger partial charge in [0.25, 0.3) is 0 Å². The fourth-order valence-corrected chi connectivity index (χ4v) is 1.66. The summed E-state index contributed by atoms with van der Waals surface area (Å²) in [5, 5.41) is 0. The summed E-state index contributed by atoms with van der Waals surface area (Å²) in [6.45, 7) is 0.486. The number of nitrogens with zero attached hydrogens (tertiary/aromatic N) is 1. The molecule has 0 radical (unpaired) electrons.